The van der Waals surface area contributed by atoms with E-state index >= 15 is 0 Å². The maximum absolute atomic E-state index is 13.0. The molecule has 2 amide bonds. The second kappa shape index (κ2) is 9.91. The molecule has 0 aliphatic rings. The molecule has 0 radical (unpaired) electrons. The van der Waals surface area contributed by atoms with Gasteiger partial charge < -0.3 is 10.6 Å². The van der Waals surface area contributed by atoms with Crippen LogP contribution in [-0.2, 0) is 4.79 Å². The van der Waals surface area contributed by atoms with Crippen LogP contribution in [0.5, 0.6) is 0 Å². The Bertz CT molecular complexity index is 1160. The van der Waals surface area contributed by atoms with Crippen molar-refractivity contribution in [3.8, 4) is 0 Å². The third-order valence-corrected chi connectivity index (χ3v) is 7.31. The first-order valence-corrected chi connectivity index (χ1v) is 12.1. The summed E-state index contributed by atoms with van der Waals surface area (Å²) in [5, 5.41) is 9.75. The van der Waals surface area contributed by atoms with E-state index in [1.54, 1.807) is 6.07 Å². The standard InChI is InChI=1S/C23H19N3O2S3/c1-15-14-30-23(24-15)26-22(28)20(16-6-3-2-4-7-16)31-18-11-9-17(10-12-18)25-21(27)19-8-5-13-29-19/h2-14,20H,1H3,(H,25,27)(H,24,26,28). The average Bonchev–Trinajstić information content (AvgIpc) is 3.46. The number of thiazole rings is 1. The largest absolute Gasteiger partial charge is 0.321 e. The van der Waals surface area contributed by atoms with Gasteiger partial charge >= 0.3 is 0 Å². The summed E-state index contributed by atoms with van der Waals surface area (Å²) in [6.07, 6.45) is 0. The third kappa shape index (κ3) is 5.61. The lowest BCUT2D eigenvalue weighted by Crippen LogP contribution is -2.19. The normalized spacial score (nSPS) is 11.6. The molecule has 0 spiro atoms. The molecular formula is C23H19N3O2S3. The van der Waals surface area contributed by atoms with Gasteiger partial charge in [-0.1, -0.05) is 36.4 Å². The number of benzene rings is 2. The van der Waals surface area contributed by atoms with Crippen molar-refractivity contribution >= 4 is 57.1 Å². The van der Waals surface area contributed by atoms with Crippen molar-refractivity contribution in [1.82, 2.24) is 4.98 Å². The number of hydrogen-bond acceptors (Lipinski definition) is 6. The fourth-order valence-electron chi connectivity index (χ4n) is 2.84. The Balaban J connectivity index is 1.48. The molecule has 0 saturated carbocycles. The van der Waals surface area contributed by atoms with Crippen LogP contribution in [0.15, 0.2) is 82.4 Å². The fourth-order valence-corrected chi connectivity index (χ4v) is 5.17. The Hall–Kier alpha value is -2.94. The summed E-state index contributed by atoms with van der Waals surface area (Å²) in [6.45, 7) is 1.90. The number of carbonyl (C=O) groups is 2. The molecule has 0 aliphatic heterocycles. The van der Waals surface area contributed by atoms with Crippen LogP contribution in [0, 0.1) is 6.92 Å². The summed E-state index contributed by atoms with van der Waals surface area (Å²) in [4.78, 5) is 31.2. The minimum absolute atomic E-state index is 0.124. The van der Waals surface area contributed by atoms with E-state index in [4.69, 9.17) is 0 Å². The van der Waals surface area contributed by atoms with Crippen molar-refractivity contribution in [2.75, 3.05) is 10.6 Å². The van der Waals surface area contributed by atoms with Gasteiger partial charge in [-0.3, -0.25) is 9.59 Å². The van der Waals surface area contributed by atoms with Crippen LogP contribution in [0.2, 0.25) is 0 Å². The fraction of sp³-hybridized carbons (Fsp3) is 0.0870. The summed E-state index contributed by atoms with van der Waals surface area (Å²) in [7, 11) is 0. The highest BCUT2D eigenvalue weighted by Gasteiger charge is 2.23. The van der Waals surface area contributed by atoms with E-state index in [1.165, 1.54) is 34.4 Å². The third-order valence-electron chi connectivity index (χ3n) is 4.30. The number of amides is 2. The van der Waals surface area contributed by atoms with Crippen LogP contribution in [0.1, 0.15) is 26.2 Å². The van der Waals surface area contributed by atoms with Gasteiger partial charge in [-0.2, -0.15) is 0 Å². The second-order valence-electron chi connectivity index (χ2n) is 6.65. The molecule has 5 nitrogen and oxygen atoms in total. The molecule has 0 fully saturated rings. The first kappa shape index (κ1) is 21.3. The molecule has 0 aliphatic carbocycles. The minimum Gasteiger partial charge on any atom is -0.321 e. The molecule has 1 unspecified atom stereocenters. The number of carbonyl (C=O) groups excluding carboxylic acids is 2. The van der Waals surface area contributed by atoms with Crippen molar-refractivity contribution in [2.45, 2.75) is 17.1 Å². The maximum Gasteiger partial charge on any atom is 0.265 e. The van der Waals surface area contributed by atoms with E-state index in [0.717, 1.165) is 16.2 Å². The highest BCUT2D eigenvalue weighted by atomic mass is 32.2. The van der Waals surface area contributed by atoms with E-state index in [1.807, 2.05) is 78.3 Å². The SMILES string of the molecule is Cc1csc(NC(=O)C(Sc2ccc(NC(=O)c3cccs3)cc2)c2ccccc2)n1. The molecule has 0 saturated heterocycles. The van der Waals surface area contributed by atoms with Crippen molar-refractivity contribution in [3.63, 3.8) is 0 Å². The number of aromatic nitrogens is 1. The molecule has 2 N–H and O–H groups in total. The molecule has 31 heavy (non-hydrogen) atoms. The molecule has 156 valence electrons. The number of anilines is 2. The minimum atomic E-state index is -0.433. The van der Waals surface area contributed by atoms with Crippen molar-refractivity contribution in [2.24, 2.45) is 0 Å². The molecule has 2 heterocycles. The number of rotatable bonds is 7. The van der Waals surface area contributed by atoms with Crippen LogP contribution in [-0.4, -0.2) is 16.8 Å². The zero-order valence-corrected chi connectivity index (χ0v) is 19.0. The monoisotopic (exact) mass is 465 g/mol. The van der Waals surface area contributed by atoms with Gasteiger partial charge in [-0.15, -0.1) is 34.4 Å². The van der Waals surface area contributed by atoms with Gasteiger partial charge in [0.25, 0.3) is 5.91 Å². The van der Waals surface area contributed by atoms with E-state index in [0.29, 0.717) is 15.7 Å². The van der Waals surface area contributed by atoms with Crippen LogP contribution < -0.4 is 10.6 Å². The van der Waals surface area contributed by atoms with Crippen LogP contribution >= 0.6 is 34.4 Å². The Morgan fingerprint density at radius 1 is 0.935 bits per heavy atom. The number of thioether (sulfide) groups is 1. The molecular weight excluding hydrogens is 446 g/mol. The lowest BCUT2D eigenvalue weighted by atomic mass is 10.1. The van der Waals surface area contributed by atoms with Gasteiger partial charge in [0, 0.05) is 16.0 Å². The predicted octanol–water partition coefficient (Wildman–Crippen LogP) is 6.24. The van der Waals surface area contributed by atoms with Gasteiger partial charge in [-0.25, -0.2) is 4.98 Å². The molecule has 2 aromatic heterocycles. The first-order chi connectivity index (χ1) is 15.1. The number of aryl methyl sites for hydroxylation is 1. The quantitative estimate of drug-likeness (QED) is 0.317. The summed E-state index contributed by atoms with van der Waals surface area (Å²) in [6, 6.07) is 20.8. The van der Waals surface area contributed by atoms with Gasteiger partial charge in [0.05, 0.1) is 10.6 Å². The van der Waals surface area contributed by atoms with Crippen LogP contribution in [0.25, 0.3) is 0 Å². The summed E-state index contributed by atoms with van der Waals surface area (Å²) in [5.41, 5.74) is 2.50. The van der Waals surface area contributed by atoms with Gasteiger partial charge in [0.1, 0.15) is 5.25 Å². The first-order valence-electron chi connectivity index (χ1n) is 9.48. The number of nitrogens with zero attached hydrogens (tertiary/aromatic N) is 1. The number of nitrogens with one attached hydrogen (secondary N) is 2. The van der Waals surface area contributed by atoms with Crippen molar-refractivity contribution in [1.29, 1.82) is 0 Å². The molecule has 4 aromatic rings. The highest BCUT2D eigenvalue weighted by molar-refractivity contribution is 8.00. The van der Waals surface area contributed by atoms with Crippen molar-refractivity contribution < 1.29 is 9.59 Å². The lowest BCUT2D eigenvalue weighted by Gasteiger charge is -2.16. The van der Waals surface area contributed by atoms with E-state index in [9.17, 15) is 9.59 Å². The molecule has 4 rings (SSSR count). The van der Waals surface area contributed by atoms with E-state index in [2.05, 4.69) is 15.6 Å². The van der Waals surface area contributed by atoms with Gasteiger partial charge in [0.15, 0.2) is 5.13 Å². The lowest BCUT2D eigenvalue weighted by molar-refractivity contribution is -0.115. The predicted molar refractivity (Wildman–Crippen MR) is 129 cm³/mol. The van der Waals surface area contributed by atoms with E-state index in [-0.39, 0.29) is 11.8 Å². The van der Waals surface area contributed by atoms with Gasteiger partial charge in [-0.05, 0) is 48.2 Å². The zero-order valence-electron chi connectivity index (χ0n) is 16.6. The summed E-state index contributed by atoms with van der Waals surface area (Å²) < 4.78 is 0. The topological polar surface area (TPSA) is 71.1 Å². The number of thiophene rings is 1. The van der Waals surface area contributed by atoms with Crippen LogP contribution in [0.4, 0.5) is 10.8 Å². The molecule has 8 heteroatoms. The molecule has 2 aromatic carbocycles. The smallest absolute Gasteiger partial charge is 0.265 e. The van der Waals surface area contributed by atoms with Crippen molar-refractivity contribution in [3.05, 3.63) is 93.6 Å². The highest BCUT2D eigenvalue weighted by Crippen LogP contribution is 2.37. The second-order valence-corrected chi connectivity index (χ2v) is 9.63. The Morgan fingerprint density at radius 2 is 1.71 bits per heavy atom. The van der Waals surface area contributed by atoms with Crippen LogP contribution in [0.3, 0.4) is 0 Å². The Kier molecular flexibility index (Phi) is 6.81. The molecule has 0 bridgehead atoms. The Morgan fingerprint density at radius 3 is 2.35 bits per heavy atom. The maximum atomic E-state index is 13.0. The Labute approximate surface area is 192 Å². The van der Waals surface area contributed by atoms with E-state index < -0.39 is 5.25 Å². The number of hydrogen-bond donors (Lipinski definition) is 2. The van der Waals surface area contributed by atoms with Gasteiger partial charge in [0.2, 0.25) is 5.91 Å². The summed E-state index contributed by atoms with van der Waals surface area (Å²) in [5.74, 6) is -0.253. The zero-order chi connectivity index (χ0) is 21.6. The summed E-state index contributed by atoms with van der Waals surface area (Å²) >= 11 is 4.27. The molecule has 1 atom stereocenters. The average molecular weight is 466 g/mol.